The lowest BCUT2D eigenvalue weighted by atomic mass is 10.1. The number of carbonyl (C=O) groups is 1. The molecule has 2 heterocycles. The van der Waals surface area contributed by atoms with E-state index in [-0.39, 0.29) is 11.6 Å². The summed E-state index contributed by atoms with van der Waals surface area (Å²) in [5.74, 6) is 0.198. The Morgan fingerprint density at radius 1 is 1.06 bits per heavy atom. The molecule has 32 heavy (non-hydrogen) atoms. The quantitative estimate of drug-likeness (QED) is 0.330. The van der Waals surface area contributed by atoms with Gasteiger partial charge in [0.05, 0.1) is 35.1 Å². The average molecular weight is 430 g/mol. The molecule has 8 nitrogen and oxygen atoms in total. The number of benzene rings is 2. The molecule has 0 bridgehead atoms. The zero-order valence-electron chi connectivity index (χ0n) is 18.2. The molecule has 0 atom stereocenters. The third kappa shape index (κ3) is 3.56. The van der Waals surface area contributed by atoms with Gasteiger partial charge in [-0.2, -0.15) is 10.1 Å². The zero-order valence-corrected chi connectivity index (χ0v) is 18.2. The van der Waals surface area contributed by atoms with E-state index in [9.17, 15) is 14.9 Å². The molecule has 4 rings (SSSR count). The fourth-order valence-corrected chi connectivity index (χ4v) is 3.85. The number of nitro benzene ring substituents is 1. The summed E-state index contributed by atoms with van der Waals surface area (Å²) in [5.41, 5.74) is 4.54. The van der Waals surface area contributed by atoms with Gasteiger partial charge in [-0.15, -0.1) is 0 Å². The monoisotopic (exact) mass is 430 g/mol. The van der Waals surface area contributed by atoms with Gasteiger partial charge in [0.1, 0.15) is 11.4 Å². The Bertz CT molecular complexity index is 1290. The van der Waals surface area contributed by atoms with E-state index in [2.05, 4.69) is 5.10 Å². The van der Waals surface area contributed by atoms with Gasteiger partial charge in [-0.1, -0.05) is 18.2 Å². The van der Waals surface area contributed by atoms with Gasteiger partial charge in [-0.3, -0.25) is 14.9 Å². The van der Waals surface area contributed by atoms with E-state index in [4.69, 9.17) is 4.74 Å². The minimum atomic E-state index is -0.427. The summed E-state index contributed by atoms with van der Waals surface area (Å²) in [6.07, 6.45) is 1.79. The number of nitrogens with zero attached hydrogens (tertiary/aromatic N) is 4. The molecule has 8 heteroatoms. The Balaban J connectivity index is 1.77. The highest BCUT2D eigenvalue weighted by Gasteiger charge is 2.29. The molecule has 0 N–H and O–H groups in total. The van der Waals surface area contributed by atoms with Crippen LogP contribution in [0, 0.1) is 24.0 Å². The number of anilines is 1. The first-order valence-electron chi connectivity index (χ1n) is 10.0. The largest absolute Gasteiger partial charge is 0.496 e. The molecule has 0 saturated heterocycles. The number of nitro groups is 1. The van der Waals surface area contributed by atoms with Crippen LogP contribution in [0.15, 0.2) is 65.3 Å². The van der Waals surface area contributed by atoms with Gasteiger partial charge < -0.3 is 9.30 Å². The second-order valence-corrected chi connectivity index (χ2v) is 7.47. The molecule has 2 aromatic carbocycles. The molecule has 1 amide bonds. The molecule has 0 unspecified atom stereocenters. The van der Waals surface area contributed by atoms with Crippen LogP contribution in [0.4, 0.5) is 11.4 Å². The van der Waals surface area contributed by atoms with E-state index >= 15 is 0 Å². The molecule has 1 aromatic heterocycles. The van der Waals surface area contributed by atoms with Gasteiger partial charge in [0.2, 0.25) is 0 Å². The number of methoxy groups -OCH3 is 1. The van der Waals surface area contributed by atoms with Crippen LogP contribution in [0.1, 0.15) is 23.9 Å². The van der Waals surface area contributed by atoms with Crippen LogP contribution in [0.5, 0.6) is 5.75 Å². The van der Waals surface area contributed by atoms with Crippen molar-refractivity contribution in [2.45, 2.75) is 20.8 Å². The van der Waals surface area contributed by atoms with E-state index < -0.39 is 4.92 Å². The Kier molecular flexibility index (Phi) is 5.36. The van der Waals surface area contributed by atoms with Crippen molar-refractivity contribution in [1.82, 2.24) is 4.57 Å². The fourth-order valence-electron chi connectivity index (χ4n) is 3.85. The number of rotatable bonds is 5. The van der Waals surface area contributed by atoms with Crippen LogP contribution in [-0.4, -0.2) is 28.2 Å². The maximum atomic E-state index is 13.0. The molecule has 1 aliphatic heterocycles. The second kappa shape index (κ2) is 8.14. The van der Waals surface area contributed by atoms with Gasteiger partial charge in [0.25, 0.3) is 11.6 Å². The SMILES string of the molecule is COc1ccc(-n2c(C)cc(/C=C3/C(=O)N(c4ccccc4)N=C3C)c2C)c([N+](=O)[O-])c1. The first-order chi connectivity index (χ1) is 15.3. The van der Waals surface area contributed by atoms with Crippen LogP contribution in [0.2, 0.25) is 0 Å². The van der Waals surface area contributed by atoms with Crippen LogP contribution in [0.3, 0.4) is 0 Å². The summed E-state index contributed by atoms with van der Waals surface area (Å²) in [5, 5.41) is 17.5. The smallest absolute Gasteiger partial charge is 0.296 e. The van der Waals surface area contributed by atoms with Crippen molar-refractivity contribution in [1.29, 1.82) is 0 Å². The van der Waals surface area contributed by atoms with E-state index in [1.807, 2.05) is 54.8 Å². The predicted octanol–water partition coefficient (Wildman–Crippen LogP) is 4.82. The Labute approximate surface area is 185 Å². The van der Waals surface area contributed by atoms with Gasteiger partial charge >= 0.3 is 0 Å². The number of hydrogen-bond donors (Lipinski definition) is 0. The lowest BCUT2D eigenvalue weighted by Gasteiger charge is -2.12. The number of carbonyl (C=O) groups excluding carboxylic acids is 1. The lowest BCUT2D eigenvalue weighted by molar-refractivity contribution is -0.384. The maximum Gasteiger partial charge on any atom is 0.296 e. The summed E-state index contributed by atoms with van der Waals surface area (Å²) in [7, 11) is 1.47. The molecule has 162 valence electrons. The predicted molar refractivity (Wildman–Crippen MR) is 123 cm³/mol. The molecule has 0 radical (unpaired) electrons. The third-order valence-corrected chi connectivity index (χ3v) is 5.45. The van der Waals surface area contributed by atoms with Gasteiger partial charge in [-0.25, -0.2) is 0 Å². The van der Waals surface area contributed by atoms with E-state index in [1.165, 1.54) is 18.2 Å². The van der Waals surface area contributed by atoms with Crippen molar-refractivity contribution in [3.63, 3.8) is 0 Å². The molecular formula is C24H22N4O4. The third-order valence-electron chi connectivity index (χ3n) is 5.45. The molecule has 1 aliphatic rings. The normalized spacial score (nSPS) is 14.8. The number of aromatic nitrogens is 1. The second-order valence-electron chi connectivity index (χ2n) is 7.47. The van der Waals surface area contributed by atoms with Crippen molar-refractivity contribution >= 4 is 29.1 Å². The average Bonchev–Trinajstić information content (AvgIpc) is 3.23. The first kappa shape index (κ1) is 21.0. The molecule has 3 aromatic rings. The number of amides is 1. The highest BCUT2D eigenvalue weighted by molar-refractivity contribution is 6.32. The summed E-state index contributed by atoms with van der Waals surface area (Å²) >= 11 is 0. The van der Waals surface area contributed by atoms with Crippen molar-refractivity contribution in [3.8, 4) is 11.4 Å². The minimum absolute atomic E-state index is 0.0599. The van der Waals surface area contributed by atoms with Crippen LogP contribution >= 0.6 is 0 Å². The van der Waals surface area contributed by atoms with Gasteiger partial charge in [0, 0.05) is 11.4 Å². The number of hydrazone groups is 1. The van der Waals surface area contributed by atoms with Crippen molar-refractivity contribution in [2.75, 3.05) is 12.1 Å². The molecule has 0 spiro atoms. The van der Waals surface area contributed by atoms with Gasteiger partial charge in [-0.05, 0) is 62.7 Å². The van der Waals surface area contributed by atoms with E-state index in [1.54, 1.807) is 25.1 Å². The summed E-state index contributed by atoms with van der Waals surface area (Å²) < 4.78 is 6.95. The minimum Gasteiger partial charge on any atom is -0.496 e. The highest BCUT2D eigenvalue weighted by atomic mass is 16.6. The number of hydrogen-bond acceptors (Lipinski definition) is 5. The van der Waals surface area contributed by atoms with Crippen LogP contribution in [-0.2, 0) is 4.79 Å². The first-order valence-corrected chi connectivity index (χ1v) is 10.0. The Morgan fingerprint density at radius 3 is 2.44 bits per heavy atom. The molecular weight excluding hydrogens is 408 g/mol. The van der Waals surface area contributed by atoms with Crippen molar-refractivity contribution in [2.24, 2.45) is 5.10 Å². The van der Waals surface area contributed by atoms with E-state index in [0.29, 0.717) is 28.4 Å². The Hall–Kier alpha value is -4.20. The number of para-hydroxylation sites is 1. The summed E-state index contributed by atoms with van der Waals surface area (Å²) in [4.78, 5) is 24.3. The number of aryl methyl sites for hydroxylation is 1. The maximum absolute atomic E-state index is 13.0. The van der Waals surface area contributed by atoms with Crippen LogP contribution < -0.4 is 9.75 Å². The van der Waals surface area contributed by atoms with Crippen molar-refractivity contribution < 1.29 is 14.5 Å². The lowest BCUT2D eigenvalue weighted by Crippen LogP contribution is -2.21. The fraction of sp³-hybridized carbons (Fsp3) is 0.167. The Morgan fingerprint density at radius 2 is 1.78 bits per heavy atom. The molecule has 0 aliphatic carbocycles. The zero-order chi connectivity index (χ0) is 23.0. The summed E-state index contributed by atoms with van der Waals surface area (Å²) in [6, 6.07) is 15.9. The van der Waals surface area contributed by atoms with Crippen molar-refractivity contribution in [3.05, 3.63) is 87.2 Å². The molecule has 0 fully saturated rings. The molecule has 0 saturated carbocycles. The highest BCUT2D eigenvalue weighted by Crippen LogP contribution is 2.33. The standard InChI is InChI=1S/C24H22N4O4/c1-15-12-18(13-21-16(2)25-27(24(21)29)19-8-6-5-7-9-19)17(3)26(15)22-11-10-20(32-4)14-23(22)28(30)31/h5-14H,1-4H3/b21-13+. The van der Waals surface area contributed by atoms with E-state index in [0.717, 1.165) is 17.0 Å². The van der Waals surface area contributed by atoms with Gasteiger partial charge in [0.15, 0.2) is 0 Å². The number of ether oxygens (including phenoxy) is 1. The van der Waals surface area contributed by atoms with Crippen LogP contribution in [0.25, 0.3) is 11.8 Å². The topological polar surface area (TPSA) is 90.0 Å². The summed E-state index contributed by atoms with van der Waals surface area (Å²) in [6.45, 7) is 5.53.